The Morgan fingerprint density at radius 1 is 1.42 bits per heavy atom. The van der Waals surface area contributed by atoms with Crippen molar-refractivity contribution in [2.75, 3.05) is 11.9 Å². The van der Waals surface area contributed by atoms with E-state index in [1.165, 1.54) is 32.1 Å². The Bertz CT molecular complexity index is 431. The van der Waals surface area contributed by atoms with E-state index in [0.717, 1.165) is 24.1 Å². The number of hydrogen-bond acceptors (Lipinski definition) is 2. The molecule has 2 atom stereocenters. The molecule has 1 aliphatic rings. The van der Waals surface area contributed by atoms with Gasteiger partial charge in [-0.25, -0.2) is 4.79 Å². The van der Waals surface area contributed by atoms with Gasteiger partial charge in [-0.2, -0.15) is 0 Å². The van der Waals surface area contributed by atoms with Gasteiger partial charge in [-0.3, -0.25) is 0 Å². The maximum Gasteiger partial charge on any atom is 0.335 e. The van der Waals surface area contributed by atoms with Crippen molar-refractivity contribution in [3.8, 4) is 0 Å². The third-order valence-corrected chi connectivity index (χ3v) is 4.04. The van der Waals surface area contributed by atoms with E-state index in [0.29, 0.717) is 5.56 Å². The van der Waals surface area contributed by atoms with Crippen LogP contribution in [-0.2, 0) is 0 Å². The van der Waals surface area contributed by atoms with Crippen LogP contribution in [-0.4, -0.2) is 17.6 Å². The molecule has 0 bridgehead atoms. The van der Waals surface area contributed by atoms with Crippen LogP contribution in [0.3, 0.4) is 0 Å². The number of aromatic carboxylic acids is 1. The monoisotopic (exact) mass is 261 g/mol. The van der Waals surface area contributed by atoms with Crippen LogP contribution in [0.2, 0.25) is 0 Å². The number of hydrogen-bond donors (Lipinski definition) is 2. The second-order valence-corrected chi connectivity index (χ2v) is 5.74. The van der Waals surface area contributed by atoms with E-state index in [9.17, 15) is 4.79 Å². The van der Waals surface area contributed by atoms with Gasteiger partial charge >= 0.3 is 5.97 Å². The van der Waals surface area contributed by atoms with Crippen molar-refractivity contribution in [3.05, 3.63) is 29.8 Å². The summed E-state index contributed by atoms with van der Waals surface area (Å²) in [4.78, 5) is 10.9. The predicted octanol–water partition coefficient (Wildman–Crippen LogP) is 4.01. The fourth-order valence-electron chi connectivity index (χ4n) is 3.00. The maximum absolute atomic E-state index is 10.9. The minimum absolute atomic E-state index is 0.344. The molecule has 1 aromatic carbocycles. The molecule has 19 heavy (non-hydrogen) atoms. The van der Waals surface area contributed by atoms with Gasteiger partial charge in [-0.15, -0.1) is 0 Å². The summed E-state index contributed by atoms with van der Waals surface area (Å²) in [5, 5.41) is 12.3. The lowest BCUT2D eigenvalue weighted by molar-refractivity contribution is 0.0697. The molecule has 0 saturated heterocycles. The van der Waals surface area contributed by atoms with Crippen LogP contribution in [0.15, 0.2) is 24.3 Å². The standard InChI is InChI=1S/C16H23NO2/c1-12-4-2-5-13(10-12)8-9-17-15-7-3-6-14(11-15)16(18)19/h3,6-7,11-13,17H,2,4-5,8-10H2,1H3,(H,18,19). The van der Waals surface area contributed by atoms with Gasteiger partial charge < -0.3 is 10.4 Å². The zero-order valence-electron chi connectivity index (χ0n) is 11.6. The fourth-order valence-corrected chi connectivity index (χ4v) is 3.00. The number of anilines is 1. The summed E-state index contributed by atoms with van der Waals surface area (Å²) in [7, 11) is 0. The van der Waals surface area contributed by atoms with Gasteiger partial charge in [-0.1, -0.05) is 32.3 Å². The average Bonchev–Trinajstić information content (AvgIpc) is 2.39. The van der Waals surface area contributed by atoms with Crippen molar-refractivity contribution < 1.29 is 9.90 Å². The summed E-state index contributed by atoms with van der Waals surface area (Å²) in [5.41, 5.74) is 1.25. The average molecular weight is 261 g/mol. The summed E-state index contributed by atoms with van der Waals surface area (Å²) >= 11 is 0. The molecular weight excluding hydrogens is 238 g/mol. The van der Waals surface area contributed by atoms with Crippen LogP contribution in [0.5, 0.6) is 0 Å². The summed E-state index contributed by atoms with van der Waals surface area (Å²) in [6.07, 6.45) is 6.62. The van der Waals surface area contributed by atoms with Gasteiger partial charge in [0.2, 0.25) is 0 Å². The van der Waals surface area contributed by atoms with Crippen LogP contribution in [0.25, 0.3) is 0 Å². The SMILES string of the molecule is CC1CCCC(CCNc2cccc(C(=O)O)c2)C1. The van der Waals surface area contributed by atoms with Gasteiger partial charge in [0, 0.05) is 12.2 Å². The molecule has 2 unspecified atom stereocenters. The highest BCUT2D eigenvalue weighted by Gasteiger charge is 2.18. The predicted molar refractivity (Wildman–Crippen MR) is 77.6 cm³/mol. The van der Waals surface area contributed by atoms with Gasteiger partial charge in [0.05, 0.1) is 5.56 Å². The van der Waals surface area contributed by atoms with E-state index in [-0.39, 0.29) is 0 Å². The topological polar surface area (TPSA) is 49.3 Å². The molecule has 0 radical (unpaired) electrons. The number of nitrogens with one attached hydrogen (secondary N) is 1. The summed E-state index contributed by atoms with van der Waals surface area (Å²) < 4.78 is 0. The van der Waals surface area contributed by atoms with Crippen LogP contribution in [0.1, 0.15) is 49.4 Å². The zero-order valence-corrected chi connectivity index (χ0v) is 11.6. The maximum atomic E-state index is 10.9. The van der Waals surface area contributed by atoms with Gasteiger partial charge in [-0.05, 0) is 42.9 Å². The van der Waals surface area contributed by atoms with E-state index >= 15 is 0 Å². The lowest BCUT2D eigenvalue weighted by Gasteiger charge is -2.26. The fraction of sp³-hybridized carbons (Fsp3) is 0.562. The zero-order chi connectivity index (χ0) is 13.7. The number of carboxylic acids is 1. The third kappa shape index (κ3) is 4.27. The Kier molecular flexibility index (Phi) is 4.83. The van der Waals surface area contributed by atoms with E-state index < -0.39 is 5.97 Å². The number of carbonyl (C=O) groups is 1. The van der Waals surface area contributed by atoms with E-state index in [1.54, 1.807) is 18.2 Å². The first-order valence-corrected chi connectivity index (χ1v) is 7.22. The normalized spacial score (nSPS) is 23.0. The molecule has 2 rings (SSSR count). The minimum atomic E-state index is -0.871. The van der Waals surface area contributed by atoms with Crippen molar-refractivity contribution in [2.24, 2.45) is 11.8 Å². The Hall–Kier alpha value is -1.51. The van der Waals surface area contributed by atoms with Crippen molar-refractivity contribution in [1.29, 1.82) is 0 Å². The number of rotatable bonds is 5. The molecule has 0 spiro atoms. The van der Waals surface area contributed by atoms with E-state index in [2.05, 4.69) is 12.2 Å². The lowest BCUT2D eigenvalue weighted by atomic mass is 9.81. The third-order valence-electron chi connectivity index (χ3n) is 4.04. The summed E-state index contributed by atoms with van der Waals surface area (Å²) in [6.45, 7) is 3.27. The van der Waals surface area contributed by atoms with Crippen molar-refractivity contribution in [1.82, 2.24) is 0 Å². The van der Waals surface area contributed by atoms with Crippen molar-refractivity contribution >= 4 is 11.7 Å². The molecule has 1 aliphatic carbocycles. The van der Waals surface area contributed by atoms with Crippen molar-refractivity contribution in [3.63, 3.8) is 0 Å². The molecule has 1 fully saturated rings. The molecule has 0 amide bonds. The second kappa shape index (κ2) is 6.60. The Morgan fingerprint density at radius 3 is 3.00 bits per heavy atom. The molecule has 3 heteroatoms. The Balaban J connectivity index is 1.79. The van der Waals surface area contributed by atoms with Crippen LogP contribution < -0.4 is 5.32 Å². The highest BCUT2D eigenvalue weighted by atomic mass is 16.4. The first-order valence-electron chi connectivity index (χ1n) is 7.22. The van der Waals surface area contributed by atoms with Gasteiger partial charge in [0.25, 0.3) is 0 Å². The molecule has 1 saturated carbocycles. The first kappa shape index (κ1) is 13.9. The molecule has 104 valence electrons. The minimum Gasteiger partial charge on any atom is -0.478 e. The summed E-state index contributed by atoms with van der Waals surface area (Å²) in [5.74, 6) is 0.831. The molecule has 0 heterocycles. The summed E-state index contributed by atoms with van der Waals surface area (Å²) in [6, 6.07) is 7.03. The second-order valence-electron chi connectivity index (χ2n) is 5.74. The van der Waals surface area contributed by atoms with E-state index in [1.807, 2.05) is 6.07 Å². The lowest BCUT2D eigenvalue weighted by Crippen LogP contribution is -2.16. The molecule has 1 aromatic rings. The van der Waals surface area contributed by atoms with Crippen LogP contribution >= 0.6 is 0 Å². The largest absolute Gasteiger partial charge is 0.478 e. The van der Waals surface area contributed by atoms with Crippen LogP contribution in [0, 0.1) is 11.8 Å². The number of carboxylic acid groups (broad SMARTS) is 1. The van der Waals surface area contributed by atoms with Crippen molar-refractivity contribution in [2.45, 2.75) is 39.0 Å². The molecular formula is C16H23NO2. The molecule has 0 aliphatic heterocycles. The smallest absolute Gasteiger partial charge is 0.335 e. The molecule has 3 nitrogen and oxygen atoms in total. The Labute approximate surface area is 115 Å². The first-order chi connectivity index (χ1) is 9.15. The quantitative estimate of drug-likeness (QED) is 0.841. The molecule has 2 N–H and O–H groups in total. The highest BCUT2D eigenvalue weighted by molar-refractivity contribution is 5.88. The molecule has 0 aromatic heterocycles. The highest BCUT2D eigenvalue weighted by Crippen LogP contribution is 2.30. The van der Waals surface area contributed by atoms with Gasteiger partial charge in [0.15, 0.2) is 0 Å². The van der Waals surface area contributed by atoms with Crippen LogP contribution in [0.4, 0.5) is 5.69 Å². The number of benzene rings is 1. The van der Waals surface area contributed by atoms with E-state index in [4.69, 9.17) is 5.11 Å². The van der Waals surface area contributed by atoms with Gasteiger partial charge in [0.1, 0.15) is 0 Å². The Morgan fingerprint density at radius 2 is 2.26 bits per heavy atom.